The number of benzene rings is 1. The maximum Gasteiger partial charge on any atom is 0.310 e. The quantitative estimate of drug-likeness (QED) is 0.631. The Kier molecular flexibility index (Phi) is 4.85. The standard InChI is InChI=1S/C12H10BrNO3/c1-2-17-12(16)5-8-3-9(6-14)11(13)4-10(8)7-15/h3-4,7H,2,5H2,1H3. The molecule has 4 nitrogen and oxygen atoms in total. The zero-order valence-electron chi connectivity index (χ0n) is 9.20. The monoisotopic (exact) mass is 295 g/mol. The van der Waals surface area contributed by atoms with Gasteiger partial charge < -0.3 is 4.74 Å². The molecule has 0 aromatic heterocycles. The van der Waals surface area contributed by atoms with Gasteiger partial charge in [0.1, 0.15) is 12.4 Å². The van der Waals surface area contributed by atoms with E-state index in [1.54, 1.807) is 6.92 Å². The van der Waals surface area contributed by atoms with Gasteiger partial charge in [-0.15, -0.1) is 0 Å². The highest BCUT2D eigenvalue weighted by Gasteiger charge is 2.12. The summed E-state index contributed by atoms with van der Waals surface area (Å²) < 4.78 is 5.34. The Balaban J connectivity index is 3.09. The van der Waals surface area contributed by atoms with Crippen LogP contribution in [0.2, 0.25) is 0 Å². The van der Waals surface area contributed by atoms with E-state index in [-0.39, 0.29) is 13.0 Å². The summed E-state index contributed by atoms with van der Waals surface area (Å²) in [5.74, 6) is -0.415. The molecule has 0 N–H and O–H groups in total. The van der Waals surface area contributed by atoms with Crippen molar-refractivity contribution in [3.8, 4) is 6.07 Å². The molecule has 17 heavy (non-hydrogen) atoms. The number of carbonyl (C=O) groups is 2. The minimum absolute atomic E-state index is 0.0100. The first-order chi connectivity index (χ1) is 8.12. The topological polar surface area (TPSA) is 67.2 Å². The molecule has 0 radical (unpaired) electrons. The molecule has 5 heteroatoms. The van der Waals surface area contributed by atoms with E-state index in [1.165, 1.54) is 12.1 Å². The third-order valence-electron chi connectivity index (χ3n) is 2.12. The smallest absolute Gasteiger partial charge is 0.310 e. The normalized spacial score (nSPS) is 9.47. The van der Waals surface area contributed by atoms with E-state index in [1.807, 2.05) is 6.07 Å². The van der Waals surface area contributed by atoms with Gasteiger partial charge in [0.25, 0.3) is 0 Å². The summed E-state index contributed by atoms with van der Waals surface area (Å²) in [4.78, 5) is 22.2. The summed E-state index contributed by atoms with van der Waals surface area (Å²) in [6.45, 7) is 2.00. The van der Waals surface area contributed by atoms with Crippen molar-refractivity contribution in [2.45, 2.75) is 13.3 Å². The number of nitrogens with zero attached hydrogens (tertiary/aromatic N) is 1. The van der Waals surface area contributed by atoms with Gasteiger partial charge in [-0.3, -0.25) is 9.59 Å². The highest BCUT2D eigenvalue weighted by atomic mass is 79.9. The Bertz CT molecular complexity index is 491. The Morgan fingerprint density at radius 2 is 2.29 bits per heavy atom. The molecule has 0 heterocycles. The van der Waals surface area contributed by atoms with Gasteiger partial charge in [-0.25, -0.2) is 0 Å². The zero-order chi connectivity index (χ0) is 12.8. The molecular weight excluding hydrogens is 286 g/mol. The fourth-order valence-electron chi connectivity index (χ4n) is 1.35. The van der Waals surface area contributed by atoms with Crippen LogP contribution < -0.4 is 0 Å². The van der Waals surface area contributed by atoms with Crippen LogP contribution in [0.1, 0.15) is 28.4 Å². The third-order valence-corrected chi connectivity index (χ3v) is 2.77. The largest absolute Gasteiger partial charge is 0.466 e. The van der Waals surface area contributed by atoms with Crippen LogP contribution in [-0.4, -0.2) is 18.9 Å². The summed E-state index contributed by atoms with van der Waals surface area (Å²) >= 11 is 3.18. The van der Waals surface area contributed by atoms with Crippen molar-refractivity contribution in [3.63, 3.8) is 0 Å². The van der Waals surface area contributed by atoms with Crippen molar-refractivity contribution in [1.29, 1.82) is 5.26 Å². The summed E-state index contributed by atoms with van der Waals surface area (Å²) in [7, 11) is 0. The van der Waals surface area contributed by atoms with Gasteiger partial charge in [0, 0.05) is 10.0 Å². The maximum atomic E-state index is 11.3. The first-order valence-electron chi connectivity index (χ1n) is 4.95. The number of carbonyl (C=O) groups excluding carboxylic acids is 2. The number of rotatable bonds is 4. The van der Waals surface area contributed by atoms with Gasteiger partial charge in [0.05, 0.1) is 18.6 Å². The van der Waals surface area contributed by atoms with E-state index >= 15 is 0 Å². The average Bonchev–Trinajstić information content (AvgIpc) is 2.31. The van der Waals surface area contributed by atoms with E-state index in [9.17, 15) is 9.59 Å². The predicted octanol–water partition coefficient (Wildman–Crippen LogP) is 2.24. The minimum atomic E-state index is -0.415. The lowest BCUT2D eigenvalue weighted by molar-refractivity contribution is -0.142. The molecule has 1 aromatic carbocycles. The van der Waals surface area contributed by atoms with Crippen LogP contribution in [0.3, 0.4) is 0 Å². The zero-order valence-corrected chi connectivity index (χ0v) is 10.8. The van der Waals surface area contributed by atoms with E-state index in [4.69, 9.17) is 10.00 Å². The van der Waals surface area contributed by atoms with Crippen molar-refractivity contribution in [2.24, 2.45) is 0 Å². The minimum Gasteiger partial charge on any atom is -0.466 e. The first kappa shape index (κ1) is 13.4. The molecule has 0 aliphatic rings. The second kappa shape index (κ2) is 6.16. The molecule has 1 aromatic rings. The molecule has 0 unspecified atom stereocenters. The van der Waals surface area contributed by atoms with Crippen molar-refractivity contribution < 1.29 is 14.3 Å². The van der Waals surface area contributed by atoms with Gasteiger partial charge in [-0.05, 0) is 40.5 Å². The van der Waals surface area contributed by atoms with E-state index in [2.05, 4.69) is 15.9 Å². The lowest BCUT2D eigenvalue weighted by Gasteiger charge is -2.06. The lowest BCUT2D eigenvalue weighted by Crippen LogP contribution is -2.09. The van der Waals surface area contributed by atoms with Crippen LogP contribution in [0.4, 0.5) is 0 Å². The van der Waals surface area contributed by atoms with E-state index in [0.29, 0.717) is 27.4 Å². The fourth-order valence-corrected chi connectivity index (χ4v) is 1.80. The molecular formula is C12H10BrNO3. The molecule has 0 saturated carbocycles. The highest BCUT2D eigenvalue weighted by Crippen LogP contribution is 2.21. The fraction of sp³-hybridized carbons (Fsp3) is 0.250. The molecule has 0 bridgehead atoms. The Morgan fingerprint density at radius 1 is 1.59 bits per heavy atom. The van der Waals surface area contributed by atoms with Crippen molar-refractivity contribution in [3.05, 3.63) is 33.3 Å². The van der Waals surface area contributed by atoms with Crippen LogP contribution >= 0.6 is 15.9 Å². The van der Waals surface area contributed by atoms with Crippen LogP contribution in [0.25, 0.3) is 0 Å². The number of nitriles is 1. The maximum absolute atomic E-state index is 11.3. The molecule has 0 amide bonds. The number of aldehydes is 1. The summed E-state index contributed by atoms with van der Waals surface area (Å²) in [6.07, 6.45) is 0.643. The second-order valence-electron chi connectivity index (χ2n) is 3.24. The van der Waals surface area contributed by atoms with Crippen molar-refractivity contribution >= 4 is 28.2 Å². The van der Waals surface area contributed by atoms with Crippen LogP contribution in [-0.2, 0) is 16.0 Å². The lowest BCUT2D eigenvalue weighted by atomic mass is 10.0. The number of ether oxygens (including phenoxy) is 1. The second-order valence-corrected chi connectivity index (χ2v) is 4.10. The molecule has 0 atom stereocenters. The van der Waals surface area contributed by atoms with Gasteiger partial charge in [0.2, 0.25) is 0 Å². The Hall–Kier alpha value is -1.67. The molecule has 88 valence electrons. The molecule has 0 saturated heterocycles. The van der Waals surface area contributed by atoms with E-state index in [0.717, 1.165) is 0 Å². The molecule has 1 rings (SSSR count). The Labute approximate surface area is 107 Å². The number of halogens is 1. The van der Waals surface area contributed by atoms with E-state index < -0.39 is 5.97 Å². The van der Waals surface area contributed by atoms with Gasteiger partial charge in [-0.2, -0.15) is 5.26 Å². The van der Waals surface area contributed by atoms with Gasteiger partial charge in [0.15, 0.2) is 0 Å². The van der Waals surface area contributed by atoms with Crippen LogP contribution in [0.15, 0.2) is 16.6 Å². The summed E-state index contributed by atoms with van der Waals surface area (Å²) in [5, 5.41) is 8.86. The average molecular weight is 296 g/mol. The molecule has 0 spiro atoms. The summed E-state index contributed by atoms with van der Waals surface area (Å²) in [5.41, 5.74) is 1.26. The number of hydrogen-bond donors (Lipinski definition) is 0. The summed E-state index contributed by atoms with van der Waals surface area (Å²) in [6, 6.07) is 5.02. The van der Waals surface area contributed by atoms with Crippen molar-refractivity contribution in [2.75, 3.05) is 6.61 Å². The first-order valence-corrected chi connectivity index (χ1v) is 5.75. The van der Waals surface area contributed by atoms with Gasteiger partial charge >= 0.3 is 5.97 Å². The van der Waals surface area contributed by atoms with Gasteiger partial charge in [-0.1, -0.05) is 0 Å². The molecule has 0 aliphatic heterocycles. The van der Waals surface area contributed by atoms with Crippen molar-refractivity contribution in [1.82, 2.24) is 0 Å². The number of hydrogen-bond acceptors (Lipinski definition) is 4. The SMILES string of the molecule is CCOC(=O)Cc1cc(C#N)c(Br)cc1C=O. The molecule has 0 aliphatic carbocycles. The number of esters is 1. The Morgan fingerprint density at radius 3 is 2.82 bits per heavy atom. The van der Waals surface area contributed by atoms with Crippen LogP contribution in [0, 0.1) is 11.3 Å². The third kappa shape index (κ3) is 3.40. The predicted molar refractivity (Wildman–Crippen MR) is 64.6 cm³/mol. The molecule has 0 fully saturated rings. The van der Waals surface area contributed by atoms with Crippen LogP contribution in [0.5, 0.6) is 0 Å². The highest BCUT2D eigenvalue weighted by molar-refractivity contribution is 9.10.